The summed E-state index contributed by atoms with van der Waals surface area (Å²) in [5.74, 6) is 0.761. The van der Waals surface area contributed by atoms with Crippen LogP contribution in [0.1, 0.15) is 32.1 Å². The molecule has 0 aromatic heterocycles. The molecule has 0 amide bonds. The van der Waals surface area contributed by atoms with E-state index < -0.39 is 14.4 Å². The number of ether oxygens (including phenoxy) is 1. The Kier molecular flexibility index (Phi) is 5.73. The highest BCUT2D eigenvalue weighted by Gasteiger charge is 2.51. The third-order valence-electron chi connectivity index (χ3n) is 4.87. The van der Waals surface area contributed by atoms with Crippen molar-refractivity contribution in [1.82, 2.24) is 4.31 Å². The first-order chi connectivity index (χ1) is 11.8. The van der Waals surface area contributed by atoms with Crippen molar-refractivity contribution >= 4 is 38.9 Å². The van der Waals surface area contributed by atoms with Crippen LogP contribution in [0, 0.1) is 5.92 Å². The molecular weight excluding hydrogens is 383 g/mol. The molecule has 1 aliphatic carbocycles. The minimum Gasteiger partial charge on any atom is -0.495 e. The van der Waals surface area contributed by atoms with E-state index in [4.69, 9.17) is 27.9 Å². The van der Waals surface area contributed by atoms with Gasteiger partial charge in [-0.15, -0.1) is 23.2 Å². The second kappa shape index (κ2) is 7.51. The zero-order chi connectivity index (χ0) is 18.1. The number of sulfonamides is 1. The molecule has 3 rings (SSSR count). The lowest BCUT2D eigenvalue weighted by molar-refractivity contribution is 0.414. The van der Waals surface area contributed by atoms with Gasteiger partial charge < -0.3 is 10.1 Å². The molecule has 140 valence electrons. The number of nitrogens with one attached hydrogen (secondary N) is 1. The Hall–Kier alpha value is -0.690. The predicted octanol–water partition coefficient (Wildman–Crippen LogP) is 3.87. The number of methoxy groups -OCH3 is 1. The fourth-order valence-corrected chi connectivity index (χ4v) is 5.21. The number of anilines is 1. The highest BCUT2D eigenvalue weighted by Crippen LogP contribution is 2.53. The van der Waals surface area contributed by atoms with E-state index >= 15 is 0 Å². The van der Waals surface area contributed by atoms with Gasteiger partial charge in [0.2, 0.25) is 10.0 Å². The van der Waals surface area contributed by atoms with Crippen molar-refractivity contribution in [2.45, 2.75) is 41.3 Å². The summed E-state index contributed by atoms with van der Waals surface area (Å²) in [5, 5.41) is 3.23. The van der Waals surface area contributed by atoms with Gasteiger partial charge in [-0.25, -0.2) is 8.42 Å². The van der Waals surface area contributed by atoms with Crippen LogP contribution in [0.2, 0.25) is 0 Å². The monoisotopic (exact) mass is 406 g/mol. The first-order valence-electron chi connectivity index (χ1n) is 8.64. The summed E-state index contributed by atoms with van der Waals surface area (Å²) in [6.45, 7) is 1.75. The first-order valence-corrected chi connectivity index (χ1v) is 10.8. The van der Waals surface area contributed by atoms with Crippen LogP contribution < -0.4 is 10.1 Å². The molecule has 0 radical (unpaired) electrons. The van der Waals surface area contributed by atoms with E-state index in [2.05, 4.69) is 5.32 Å². The third kappa shape index (κ3) is 4.35. The van der Waals surface area contributed by atoms with Gasteiger partial charge in [-0.1, -0.05) is 12.8 Å². The molecule has 8 heteroatoms. The third-order valence-corrected chi connectivity index (χ3v) is 7.69. The molecule has 2 aliphatic rings. The zero-order valence-corrected chi connectivity index (χ0v) is 16.6. The number of nitrogens with zero attached hydrogens (tertiary/aromatic N) is 1. The molecule has 1 aromatic carbocycles. The second-order valence-corrected chi connectivity index (χ2v) is 10.2. The summed E-state index contributed by atoms with van der Waals surface area (Å²) < 4.78 is 32.2. The van der Waals surface area contributed by atoms with E-state index in [0.29, 0.717) is 31.1 Å². The van der Waals surface area contributed by atoms with Gasteiger partial charge >= 0.3 is 0 Å². The maximum absolute atomic E-state index is 13.0. The molecule has 1 aliphatic heterocycles. The van der Waals surface area contributed by atoms with Crippen molar-refractivity contribution in [1.29, 1.82) is 0 Å². The molecule has 1 N–H and O–H groups in total. The fourth-order valence-electron chi connectivity index (χ4n) is 3.14. The van der Waals surface area contributed by atoms with Gasteiger partial charge in [-0.05, 0) is 37.5 Å². The Morgan fingerprint density at radius 3 is 2.44 bits per heavy atom. The van der Waals surface area contributed by atoms with Crippen LogP contribution in [-0.4, -0.2) is 43.8 Å². The van der Waals surface area contributed by atoms with Gasteiger partial charge in [0.05, 0.1) is 17.7 Å². The summed E-state index contributed by atoms with van der Waals surface area (Å²) in [6, 6.07) is 4.94. The van der Waals surface area contributed by atoms with Gasteiger partial charge in [-0.2, -0.15) is 4.31 Å². The molecule has 1 aromatic rings. The van der Waals surface area contributed by atoms with E-state index in [1.165, 1.54) is 0 Å². The molecule has 1 heterocycles. The molecular formula is C17H24Cl2N2O3S. The highest BCUT2D eigenvalue weighted by molar-refractivity contribution is 7.89. The van der Waals surface area contributed by atoms with Crippen LogP contribution in [0.4, 0.5) is 5.69 Å². The van der Waals surface area contributed by atoms with Gasteiger partial charge in [0.15, 0.2) is 0 Å². The Labute approximate surface area is 159 Å². The van der Waals surface area contributed by atoms with Crippen molar-refractivity contribution in [3.05, 3.63) is 18.2 Å². The first kappa shape index (κ1) is 19.1. The van der Waals surface area contributed by atoms with E-state index in [0.717, 1.165) is 32.1 Å². The highest BCUT2D eigenvalue weighted by atomic mass is 35.5. The number of alkyl halides is 2. The lowest BCUT2D eigenvalue weighted by Crippen LogP contribution is -2.32. The lowest BCUT2D eigenvalue weighted by Gasteiger charge is -2.21. The Bertz CT molecular complexity index is 717. The summed E-state index contributed by atoms with van der Waals surface area (Å²) in [5.41, 5.74) is 0.648. The predicted molar refractivity (Wildman–Crippen MR) is 101 cm³/mol. The van der Waals surface area contributed by atoms with Crippen LogP contribution in [-0.2, 0) is 10.0 Å². The topological polar surface area (TPSA) is 58.6 Å². The fraction of sp³-hybridized carbons (Fsp3) is 0.647. The molecule has 1 saturated carbocycles. The maximum atomic E-state index is 13.0. The average molecular weight is 407 g/mol. The van der Waals surface area contributed by atoms with Crippen LogP contribution in [0.15, 0.2) is 23.1 Å². The van der Waals surface area contributed by atoms with Crippen molar-refractivity contribution in [2.24, 2.45) is 5.92 Å². The number of benzene rings is 1. The number of halogens is 2. The van der Waals surface area contributed by atoms with Crippen molar-refractivity contribution in [3.8, 4) is 5.75 Å². The SMILES string of the molecule is COc1ccc(S(=O)(=O)N2CCCCCC2)cc1NC[C@@H]1CC1(Cl)Cl. The molecule has 1 atom stereocenters. The Morgan fingerprint density at radius 1 is 1.24 bits per heavy atom. The standard InChI is InChI=1S/C17H24Cl2N2O3S/c1-24-16-7-6-14(10-15(16)20-12-13-11-17(13,18)19)25(22,23)21-8-4-2-3-5-9-21/h6-7,10,13,20H,2-5,8-9,11-12H2,1H3/t13-/m0/s1. The van der Waals surface area contributed by atoms with Crippen LogP contribution >= 0.6 is 23.2 Å². The van der Waals surface area contributed by atoms with E-state index in [9.17, 15) is 8.42 Å². The van der Waals surface area contributed by atoms with Gasteiger partial charge in [0.1, 0.15) is 10.1 Å². The van der Waals surface area contributed by atoms with E-state index in [1.807, 2.05) is 0 Å². The number of hydrogen-bond donors (Lipinski definition) is 1. The smallest absolute Gasteiger partial charge is 0.243 e. The van der Waals surface area contributed by atoms with Crippen molar-refractivity contribution < 1.29 is 13.2 Å². The van der Waals surface area contributed by atoms with Crippen LogP contribution in [0.5, 0.6) is 5.75 Å². The largest absolute Gasteiger partial charge is 0.495 e. The van der Waals surface area contributed by atoms with E-state index in [1.54, 1.807) is 29.6 Å². The lowest BCUT2D eigenvalue weighted by atomic mass is 10.2. The summed E-state index contributed by atoms with van der Waals surface area (Å²) in [4.78, 5) is 0.288. The van der Waals surface area contributed by atoms with Gasteiger partial charge in [0, 0.05) is 25.6 Å². The minimum atomic E-state index is -3.49. The summed E-state index contributed by atoms with van der Waals surface area (Å²) in [7, 11) is -1.93. The van der Waals surface area contributed by atoms with Crippen LogP contribution in [0.3, 0.4) is 0 Å². The molecule has 0 spiro atoms. The molecule has 2 fully saturated rings. The summed E-state index contributed by atoms with van der Waals surface area (Å²) in [6.07, 6.45) is 4.73. The quantitative estimate of drug-likeness (QED) is 0.728. The normalized spacial score (nSPS) is 23.7. The molecule has 0 unspecified atom stereocenters. The Balaban J connectivity index is 1.80. The average Bonchev–Trinajstić information content (AvgIpc) is 3.28. The molecule has 0 bridgehead atoms. The maximum Gasteiger partial charge on any atom is 0.243 e. The number of rotatable bonds is 6. The van der Waals surface area contributed by atoms with E-state index in [-0.39, 0.29) is 10.8 Å². The molecule has 25 heavy (non-hydrogen) atoms. The zero-order valence-electron chi connectivity index (χ0n) is 14.3. The summed E-state index contributed by atoms with van der Waals surface area (Å²) >= 11 is 12.1. The second-order valence-electron chi connectivity index (χ2n) is 6.72. The Morgan fingerprint density at radius 2 is 1.88 bits per heavy atom. The number of hydrogen-bond acceptors (Lipinski definition) is 4. The van der Waals surface area contributed by atoms with Crippen molar-refractivity contribution in [2.75, 3.05) is 32.1 Å². The minimum absolute atomic E-state index is 0.159. The van der Waals surface area contributed by atoms with Gasteiger partial charge in [0.25, 0.3) is 0 Å². The van der Waals surface area contributed by atoms with Gasteiger partial charge in [-0.3, -0.25) is 0 Å². The van der Waals surface area contributed by atoms with Crippen molar-refractivity contribution in [3.63, 3.8) is 0 Å². The van der Waals surface area contributed by atoms with Crippen LogP contribution in [0.25, 0.3) is 0 Å². The molecule has 5 nitrogen and oxygen atoms in total. The molecule has 1 saturated heterocycles.